The maximum atomic E-state index is 11.2. The average molecular weight is 212 g/mol. The number of rotatable bonds is 1. The van der Waals surface area contributed by atoms with Gasteiger partial charge in [-0.15, -0.1) is 0 Å². The van der Waals surface area contributed by atoms with Crippen LogP contribution in [-0.2, 0) is 12.8 Å². The number of aromatic amines is 1. The number of hydrogen-bond donors (Lipinski definition) is 1. The molecule has 0 radical (unpaired) electrons. The van der Waals surface area contributed by atoms with Crippen LogP contribution in [0.3, 0.4) is 0 Å². The molecule has 0 fully saturated rings. The summed E-state index contributed by atoms with van der Waals surface area (Å²) in [6.45, 7) is 0. The molecule has 3 rings (SSSR count). The zero-order valence-electron chi connectivity index (χ0n) is 8.81. The molecule has 0 saturated heterocycles. The summed E-state index contributed by atoms with van der Waals surface area (Å²) < 4.78 is 0. The Morgan fingerprint density at radius 2 is 1.81 bits per heavy atom. The first-order valence-electron chi connectivity index (χ1n) is 5.45. The molecule has 80 valence electrons. The number of nitrogens with one attached hydrogen (secondary N) is 1. The molecule has 0 saturated carbocycles. The van der Waals surface area contributed by atoms with Crippen molar-refractivity contribution >= 4 is 0 Å². The van der Waals surface area contributed by atoms with Gasteiger partial charge >= 0.3 is 0 Å². The number of benzene rings is 1. The van der Waals surface area contributed by atoms with Crippen LogP contribution < -0.4 is 5.56 Å². The quantitative estimate of drug-likeness (QED) is 0.781. The minimum absolute atomic E-state index is 0.0686. The van der Waals surface area contributed by atoms with Crippen molar-refractivity contribution in [2.45, 2.75) is 18.8 Å². The first-order chi connectivity index (χ1) is 7.83. The van der Waals surface area contributed by atoms with Gasteiger partial charge in [0.1, 0.15) is 5.82 Å². The van der Waals surface area contributed by atoms with Gasteiger partial charge in [-0.1, -0.05) is 24.3 Å². The average Bonchev–Trinajstić information content (AvgIpc) is 2.72. The summed E-state index contributed by atoms with van der Waals surface area (Å²) in [7, 11) is 0. The van der Waals surface area contributed by atoms with Gasteiger partial charge in [0.2, 0.25) is 0 Å². The van der Waals surface area contributed by atoms with E-state index in [0.717, 1.165) is 18.7 Å². The molecule has 3 nitrogen and oxygen atoms in total. The van der Waals surface area contributed by atoms with E-state index < -0.39 is 0 Å². The molecule has 1 aliphatic rings. The highest BCUT2D eigenvalue weighted by atomic mass is 16.1. The van der Waals surface area contributed by atoms with Gasteiger partial charge in [-0.2, -0.15) is 0 Å². The Hall–Kier alpha value is -1.90. The number of hydrogen-bond acceptors (Lipinski definition) is 2. The topological polar surface area (TPSA) is 45.8 Å². The molecular formula is C13H12N2O. The lowest BCUT2D eigenvalue weighted by atomic mass is 10.1. The Bertz CT molecular complexity index is 549. The van der Waals surface area contributed by atoms with Crippen LogP contribution in [-0.4, -0.2) is 9.97 Å². The van der Waals surface area contributed by atoms with Crippen LogP contribution in [0.4, 0.5) is 0 Å². The summed E-state index contributed by atoms with van der Waals surface area (Å²) in [6.07, 6.45) is 3.53. The van der Waals surface area contributed by atoms with Crippen LogP contribution in [0.5, 0.6) is 0 Å². The molecule has 1 heterocycles. The maximum absolute atomic E-state index is 11.2. The van der Waals surface area contributed by atoms with Crippen molar-refractivity contribution in [1.29, 1.82) is 0 Å². The highest BCUT2D eigenvalue weighted by Gasteiger charge is 2.23. The molecule has 1 N–H and O–H groups in total. The van der Waals surface area contributed by atoms with E-state index in [1.165, 1.54) is 17.2 Å². The van der Waals surface area contributed by atoms with Gasteiger partial charge in [0.05, 0.1) is 0 Å². The summed E-state index contributed by atoms with van der Waals surface area (Å²) in [5.74, 6) is 1.13. The van der Waals surface area contributed by atoms with Gasteiger partial charge in [-0.3, -0.25) is 4.79 Å². The summed E-state index contributed by atoms with van der Waals surface area (Å²) >= 11 is 0. The predicted octanol–water partition coefficient (Wildman–Crippen LogP) is 1.65. The molecule has 2 aromatic rings. The van der Waals surface area contributed by atoms with Crippen molar-refractivity contribution in [1.82, 2.24) is 9.97 Å². The highest BCUT2D eigenvalue weighted by molar-refractivity contribution is 5.34. The summed E-state index contributed by atoms with van der Waals surface area (Å²) in [4.78, 5) is 18.3. The lowest BCUT2D eigenvalue weighted by Gasteiger charge is -2.06. The second-order valence-corrected chi connectivity index (χ2v) is 4.19. The fraction of sp³-hybridized carbons (Fsp3) is 0.231. The Balaban J connectivity index is 1.94. The van der Waals surface area contributed by atoms with Gasteiger partial charge in [0, 0.05) is 18.2 Å². The Morgan fingerprint density at radius 3 is 2.44 bits per heavy atom. The number of nitrogens with zero attached hydrogens (tertiary/aromatic N) is 1. The highest BCUT2D eigenvalue weighted by Crippen LogP contribution is 2.31. The molecule has 1 aromatic heterocycles. The first kappa shape index (κ1) is 9.33. The van der Waals surface area contributed by atoms with Gasteiger partial charge in [-0.25, -0.2) is 4.98 Å². The zero-order chi connectivity index (χ0) is 11.0. The van der Waals surface area contributed by atoms with Crippen molar-refractivity contribution < 1.29 is 0 Å². The van der Waals surface area contributed by atoms with Crippen molar-refractivity contribution in [3.63, 3.8) is 0 Å². The van der Waals surface area contributed by atoms with Crippen molar-refractivity contribution in [2.75, 3.05) is 0 Å². The van der Waals surface area contributed by atoms with Gasteiger partial charge in [0.15, 0.2) is 0 Å². The number of aromatic nitrogens is 2. The molecule has 0 unspecified atom stereocenters. The molecule has 0 spiro atoms. The molecule has 0 amide bonds. The van der Waals surface area contributed by atoms with Crippen LogP contribution in [0, 0.1) is 0 Å². The normalized spacial score (nSPS) is 15.0. The predicted molar refractivity (Wildman–Crippen MR) is 61.4 cm³/mol. The summed E-state index contributed by atoms with van der Waals surface area (Å²) in [5, 5.41) is 0. The van der Waals surface area contributed by atoms with Crippen LogP contribution in [0.15, 0.2) is 41.3 Å². The molecule has 1 aromatic carbocycles. The Labute approximate surface area is 93.2 Å². The second kappa shape index (κ2) is 3.59. The van der Waals surface area contributed by atoms with E-state index >= 15 is 0 Å². The fourth-order valence-corrected chi connectivity index (χ4v) is 2.35. The van der Waals surface area contributed by atoms with E-state index in [9.17, 15) is 4.79 Å². The largest absolute Gasteiger partial charge is 0.310 e. The van der Waals surface area contributed by atoms with Crippen molar-refractivity contribution in [3.8, 4) is 0 Å². The fourth-order valence-electron chi connectivity index (χ4n) is 2.35. The third kappa shape index (κ3) is 1.54. The third-order valence-electron chi connectivity index (χ3n) is 3.13. The maximum Gasteiger partial charge on any atom is 0.250 e. The SMILES string of the molecule is O=c1ccnc(C2Cc3ccccc3C2)[nH]1. The van der Waals surface area contributed by atoms with E-state index in [0.29, 0.717) is 5.92 Å². The molecule has 1 aliphatic carbocycles. The molecule has 3 heteroatoms. The Kier molecular flexibility index (Phi) is 2.10. The lowest BCUT2D eigenvalue weighted by Crippen LogP contribution is -2.12. The second-order valence-electron chi connectivity index (χ2n) is 4.19. The smallest absolute Gasteiger partial charge is 0.250 e. The van der Waals surface area contributed by atoms with Gasteiger partial charge in [0.25, 0.3) is 5.56 Å². The van der Waals surface area contributed by atoms with Gasteiger partial charge < -0.3 is 4.98 Å². The summed E-state index contributed by atoms with van der Waals surface area (Å²) in [5.41, 5.74) is 2.68. The molecule has 0 aliphatic heterocycles. The molecule has 0 atom stereocenters. The minimum Gasteiger partial charge on any atom is -0.310 e. The van der Waals surface area contributed by atoms with Crippen molar-refractivity contribution in [3.05, 3.63) is 63.8 Å². The van der Waals surface area contributed by atoms with E-state index in [4.69, 9.17) is 0 Å². The first-order valence-corrected chi connectivity index (χ1v) is 5.45. The monoisotopic (exact) mass is 212 g/mol. The summed E-state index contributed by atoms with van der Waals surface area (Å²) in [6, 6.07) is 9.86. The van der Waals surface area contributed by atoms with Crippen LogP contribution in [0.25, 0.3) is 0 Å². The minimum atomic E-state index is -0.0686. The van der Waals surface area contributed by atoms with E-state index in [2.05, 4.69) is 34.2 Å². The lowest BCUT2D eigenvalue weighted by molar-refractivity contribution is 0.677. The van der Waals surface area contributed by atoms with E-state index in [1.54, 1.807) is 6.20 Å². The zero-order valence-corrected chi connectivity index (χ0v) is 8.81. The molecule has 16 heavy (non-hydrogen) atoms. The van der Waals surface area contributed by atoms with Crippen LogP contribution in [0.1, 0.15) is 22.9 Å². The number of fused-ring (bicyclic) bond motifs is 1. The van der Waals surface area contributed by atoms with Gasteiger partial charge in [-0.05, 0) is 24.0 Å². The number of H-pyrrole nitrogens is 1. The van der Waals surface area contributed by atoms with E-state index in [-0.39, 0.29) is 5.56 Å². The van der Waals surface area contributed by atoms with Crippen LogP contribution in [0.2, 0.25) is 0 Å². The molecule has 0 bridgehead atoms. The third-order valence-corrected chi connectivity index (χ3v) is 3.13. The van der Waals surface area contributed by atoms with E-state index in [1.807, 2.05) is 0 Å². The Morgan fingerprint density at radius 1 is 1.12 bits per heavy atom. The standard InChI is InChI=1S/C13H12N2O/c16-12-5-6-14-13(15-12)11-7-9-3-1-2-4-10(9)8-11/h1-6,11H,7-8H2,(H,14,15,16). The van der Waals surface area contributed by atoms with Crippen molar-refractivity contribution in [2.24, 2.45) is 0 Å². The molecular weight excluding hydrogens is 200 g/mol. The van der Waals surface area contributed by atoms with Crippen LogP contribution >= 0.6 is 0 Å².